The van der Waals surface area contributed by atoms with Crippen LogP contribution in [0.3, 0.4) is 0 Å². The monoisotopic (exact) mass is 252 g/mol. The van der Waals surface area contributed by atoms with Crippen LogP contribution in [0.15, 0.2) is 54.6 Å². The summed E-state index contributed by atoms with van der Waals surface area (Å²) in [7, 11) is 0. The minimum atomic E-state index is -0.172. The highest BCUT2D eigenvalue weighted by molar-refractivity contribution is 6.02. The van der Waals surface area contributed by atoms with Crippen LogP contribution in [0.1, 0.15) is 11.1 Å². The van der Waals surface area contributed by atoms with E-state index in [0.29, 0.717) is 11.4 Å². The fourth-order valence-electron chi connectivity index (χ4n) is 1.74. The summed E-state index contributed by atoms with van der Waals surface area (Å²) >= 11 is 0. The molecule has 2 rings (SSSR count). The number of nitrogen functional groups attached to an aromatic ring is 1. The van der Waals surface area contributed by atoms with Crippen molar-refractivity contribution < 1.29 is 4.79 Å². The Morgan fingerprint density at radius 1 is 1.16 bits per heavy atom. The van der Waals surface area contributed by atoms with Crippen molar-refractivity contribution in [2.24, 2.45) is 0 Å². The van der Waals surface area contributed by atoms with E-state index in [1.54, 1.807) is 30.3 Å². The van der Waals surface area contributed by atoms with E-state index in [0.717, 1.165) is 11.1 Å². The molecule has 0 bridgehead atoms. The van der Waals surface area contributed by atoms with E-state index >= 15 is 0 Å². The molecular weight excluding hydrogens is 236 g/mol. The molecule has 3 heteroatoms. The van der Waals surface area contributed by atoms with Crippen LogP contribution in [0.25, 0.3) is 6.08 Å². The summed E-state index contributed by atoms with van der Waals surface area (Å²) in [5.41, 5.74) is 9.14. The van der Waals surface area contributed by atoms with E-state index in [1.807, 2.05) is 31.2 Å². The molecule has 0 aliphatic rings. The first-order valence-electron chi connectivity index (χ1n) is 6.05. The second-order valence-corrected chi connectivity index (χ2v) is 4.30. The number of carbonyl (C=O) groups is 1. The van der Waals surface area contributed by atoms with E-state index < -0.39 is 0 Å². The molecule has 19 heavy (non-hydrogen) atoms. The van der Waals surface area contributed by atoms with Crippen molar-refractivity contribution in [3.8, 4) is 0 Å². The number of rotatable bonds is 3. The van der Waals surface area contributed by atoms with Gasteiger partial charge in [-0.05, 0) is 42.3 Å². The van der Waals surface area contributed by atoms with Crippen molar-refractivity contribution in [2.45, 2.75) is 6.92 Å². The summed E-state index contributed by atoms with van der Waals surface area (Å²) in [6, 6.07) is 15.0. The average Bonchev–Trinajstić information content (AvgIpc) is 2.38. The lowest BCUT2D eigenvalue weighted by atomic mass is 10.1. The number of aryl methyl sites for hydroxylation is 1. The van der Waals surface area contributed by atoms with Gasteiger partial charge in [-0.3, -0.25) is 4.79 Å². The lowest BCUT2D eigenvalue weighted by Crippen LogP contribution is -2.07. The van der Waals surface area contributed by atoms with Crippen molar-refractivity contribution in [3.63, 3.8) is 0 Å². The van der Waals surface area contributed by atoms with Gasteiger partial charge >= 0.3 is 0 Å². The SMILES string of the molecule is Cc1ccccc1/C=C/C(=O)Nc1cccc(N)c1. The number of amides is 1. The maximum absolute atomic E-state index is 11.8. The summed E-state index contributed by atoms with van der Waals surface area (Å²) in [6.45, 7) is 2.01. The van der Waals surface area contributed by atoms with Crippen molar-refractivity contribution in [3.05, 3.63) is 65.7 Å². The van der Waals surface area contributed by atoms with Gasteiger partial charge < -0.3 is 11.1 Å². The van der Waals surface area contributed by atoms with Crippen molar-refractivity contribution in [1.29, 1.82) is 0 Å². The Labute approximate surface area is 112 Å². The Hall–Kier alpha value is -2.55. The first kappa shape index (κ1) is 12.9. The molecule has 0 fully saturated rings. The van der Waals surface area contributed by atoms with Crippen LogP contribution in [0.4, 0.5) is 11.4 Å². The van der Waals surface area contributed by atoms with Gasteiger partial charge in [0, 0.05) is 17.5 Å². The summed E-state index contributed by atoms with van der Waals surface area (Å²) < 4.78 is 0. The molecule has 2 aromatic carbocycles. The molecule has 2 aromatic rings. The predicted octanol–water partition coefficient (Wildman–Crippen LogP) is 3.23. The Morgan fingerprint density at radius 2 is 1.95 bits per heavy atom. The number of benzene rings is 2. The van der Waals surface area contributed by atoms with Gasteiger partial charge in [-0.25, -0.2) is 0 Å². The fraction of sp³-hybridized carbons (Fsp3) is 0.0625. The smallest absolute Gasteiger partial charge is 0.248 e. The van der Waals surface area contributed by atoms with Gasteiger partial charge in [0.2, 0.25) is 5.91 Å². The molecule has 0 heterocycles. The highest BCUT2D eigenvalue weighted by Crippen LogP contribution is 2.12. The largest absolute Gasteiger partial charge is 0.399 e. The number of hydrogen-bond donors (Lipinski definition) is 2. The zero-order valence-corrected chi connectivity index (χ0v) is 10.8. The zero-order chi connectivity index (χ0) is 13.7. The van der Waals surface area contributed by atoms with Crippen LogP contribution in [-0.2, 0) is 4.79 Å². The minimum absolute atomic E-state index is 0.172. The molecular formula is C16H16N2O. The van der Waals surface area contributed by atoms with Gasteiger partial charge in [0.25, 0.3) is 0 Å². The van der Waals surface area contributed by atoms with Gasteiger partial charge in [-0.15, -0.1) is 0 Å². The van der Waals surface area contributed by atoms with Gasteiger partial charge in [0.15, 0.2) is 0 Å². The lowest BCUT2D eigenvalue weighted by Gasteiger charge is -2.03. The zero-order valence-electron chi connectivity index (χ0n) is 10.8. The van der Waals surface area contributed by atoms with Gasteiger partial charge in [-0.1, -0.05) is 30.3 Å². The van der Waals surface area contributed by atoms with Crippen molar-refractivity contribution in [1.82, 2.24) is 0 Å². The van der Waals surface area contributed by atoms with Gasteiger partial charge in [-0.2, -0.15) is 0 Å². The number of carbonyl (C=O) groups excluding carboxylic acids is 1. The topological polar surface area (TPSA) is 55.1 Å². The molecule has 0 saturated heterocycles. The molecule has 0 spiro atoms. The van der Waals surface area contributed by atoms with Crippen LogP contribution in [-0.4, -0.2) is 5.91 Å². The average molecular weight is 252 g/mol. The normalized spacial score (nSPS) is 10.6. The Bertz CT molecular complexity index is 618. The summed E-state index contributed by atoms with van der Waals surface area (Å²) in [4.78, 5) is 11.8. The Kier molecular flexibility index (Phi) is 3.98. The van der Waals surface area contributed by atoms with Crippen LogP contribution in [0, 0.1) is 6.92 Å². The quantitative estimate of drug-likeness (QED) is 0.651. The third kappa shape index (κ3) is 3.71. The van der Waals surface area contributed by atoms with E-state index in [4.69, 9.17) is 5.73 Å². The fourth-order valence-corrected chi connectivity index (χ4v) is 1.74. The van der Waals surface area contributed by atoms with E-state index in [1.165, 1.54) is 6.08 Å². The molecule has 0 unspecified atom stereocenters. The summed E-state index contributed by atoms with van der Waals surface area (Å²) in [5.74, 6) is -0.172. The Morgan fingerprint density at radius 3 is 2.68 bits per heavy atom. The molecule has 0 aliphatic carbocycles. The van der Waals surface area contributed by atoms with Crippen LogP contribution in [0.5, 0.6) is 0 Å². The van der Waals surface area contributed by atoms with Gasteiger partial charge in [0.05, 0.1) is 0 Å². The van der Waals surface area contributed by atoms with Crippen LogP contribution < -0.4 is 11.1 Å². The molecule has 3 nitrogen and oxygen atoms in total. The molecule has 0 aliphatic heterocycles. The molecule has 0 aromatic heterocycles. The summed E-state index contributed by atoms with van der Waals surface area (Å²) in [5, 5.41) is 2.77. The lowest BCUT2D eigenvalue weighted by molar-refractivity contribution is -0.111. The molecule has 0 atom stereocenters. The number of hydrogen-bond acceptors (Lipinski definition) is 2. The number of anilines is 2. The highest BCUT2D eigenvalue weighted by Gasteiger charge is 1.98. The van der Waals surface area contributed by atoms with Crippen LogP contribution >= 0.6 is 0 Å². The standard InChI is InChI=1S/C16H16N2O/c1-12-5-2-3-6-13(12)9-10-16(19)18-15-8-4-7-14(17)11-15/h2-11H,17H2,1H3,(H,18,19)/b10-9+. The third-order valence-electron chi connectivity index (χ3n) is 2.76. The minimum Gasteiger partial charge on any atom is -0.399 e. The molecule has 3 N–H and O–H groups in total. The number of nitrogens with one attached hydrogen (secondary N) is 1. The Balaban J connectivity index is 2.04. The van der Waals surface area contributed by atoms with Gasteiger partial charge in [0.1, 0.15) is 0 Å². The molecule has 0 saturated carbocycles. The molecule has 1 amide bonds. The van der Waals surface area contributed by atoms with Crippen molar-refractivity contribution >= 4 is 23.4 Å². The molecule has 96 valence electrons. The van der Waals surface area contributed by atoms with E-state index in [9.17, 15) is 4.79 Å². The second kappa shape index (κ2) is 5.87. The summed E-state index contributed by atoms with van der Waals surface area (Å²) in [6.07, 6.45) is 3.32. The van der Waals surface area contributed by atoms with Crippen LogP contribution in [0.2, 0.25) is 0 Å². The molecule has 0 radical (unpaired) electrons. The number of nitrogens with two attached hydrogens (primary N) is 1. The first-order chi connectivity index (χ1) is 9.15. The van der Waals surface area contributed by atoms with Crippen molar-refractivity contribution in [2.75, 3.05) is 11.1 Å². The van der Waals surface area contributed by atoms with E-state index in [2.05, 4.69) is 5.32 Å². The highest BCUT2D eigenvalue weighted by atomic mass is 16.1. The maximum atomic E-state index is 11.8. The second-order valence-electron chi connectivity index (χ2n) is 4.30. The third-order valence-corrected chi connectivity index (χ3v) is 2.76. The predicted molar refractivity (Wildman–Crippen MR) is 79.7 cm³/mol. The first-order valence-corrected chi connectivity index (χ1v) is 6.05. The van der Waals surface area contributed by atoms with E-state index in [-0.39, 0.29) is 5.91 Å². The maximum Gasteiger partial charge on any atom is 0.248 e.